The molecule has 0 atom stereocenters. The minimum atomic E-state index is -4.12. The molecule has 3 N–H and O–H groups in total. The Kier molecular flexibility index (Phi) is 6.44. The van der Waals surface area contributed by atoms with Crippen LogP contribution in [-0.4, -0.2) is 55.0 Å². The molecule has 9 nitrogen and oxygen atoms in total. The summed E-state index contributed by atoms with van der Waals surface area (Å²) in [5, 5.41) is 6.23. The van der Waals surface area contributed by atoms with Crippen molar-refractivity contribution >= 4 is 33.2 Å². The van der Waals surface area contributed by atoms with Crippen molar-refractivity contribution in [3.05, 3.63) is 60.3 Å². The van der Waals surface area contributed by atoms with E-state index >= 15 is 0 Å². The average Bonchev–Trinajstić information content (AvgIpc) is 3.46. The lowest BCUT2D eigenvalue weighted by atomic mass is 10.1. The van der Waals surface area contributed by atoms with Gasteiger partial charge in [-0.3, -0.25) is 4.90 Å². The monoisotopic (exact) mass is 529 g/mol. The van der Waals surface area contributed by atoms with E-state index in [0.29, 0.717) is 34.5 Å². The van der Waals surface area contributed by atoms with Gasteiger partial charge in [-0.15, -0.1) is 0 Å². The Morgan fingerprint density at radius 2 is 1.86 bits per heavy atom. The minimum absolute atomic E-state index is 0.0638. The van der Waals surface area contributed by atoms with Crippen molar-refractivity contribution in [1.82, 2.24) is 19.6 Å². The molecule has 4 rings (SSSR count). The molecule has 0 spiro atoms. The lowest BCUT2D eigenvalue weighted by Crippen LogP contribution is -2.40. The van der Waals surface area contributed by atoms with Gasteiger partial charge < -0.3 is 15.4 Å². The molecule has 1 saturated heterocycles. The Labute approximate surface area is 226 Å². The van der Waals surface area contributed by atoms with Gasteiger partial charge in [0, 0.05) is 42.0 Å². The van der Waals surface area contributed by atoms with Crippen molar-refractivity contribution < 1.29 is 20.0 Å². The number of rotatable bonds is 10. The molecule has 0 bridgehead atoms. The number of aromatic nitrogens is 2. The summed E-state index contributed by atoms with van der Waals surface area (Å²) in [5.41, 5.74) is 0.181. The highest BCUT2D eigenvalue weighted by Gasteiger charge is 2.22. The molecule has 1 aromatic heterocycles. The molecule has 10 heteroatoms. The van der Waals surface area contributed by atoms with Crippen molar-refractivity contribution in [1.29, 1.82) is 0 Å². The molecule has 1 aliphatic heterocycles. The number of hydrogen-bond acceptors (Lipinski definition) is 8. The summed E-state index contributed by atoms with van der Waals surface area (Å²) in [7, 11) is -4.12. The van der Waals surface area contributed by atoms with Crippen LogP contribution in [0.3, 0.4) is 0 Å². The highest BCUT2D eigenvalue weighted by atomic mass is 32.2. The Balaban J connectivity index is 1.42. The Bertz CT molecular complexity index is 1490. The molecule has 1 aliphatic rings. The number of ether oxygens (including phenoxy) is 1. The van der Waals surface area contributed by atoms with E-state index in [-0.39, 0.29) is 11.5 Å². The predicted octanol–water partition coefficient (Wildman–Crippen LogP) is 4.82. The first-order valence-electron chi connectivity index (χ1n) is 14.6. The molecule has 0 aliphatic carbocycles. The van der Waals surface area contributed by atoms with Crippen molar-refractivity contribution in [3.63, 3.8) is 0 Å². The van der Waals surface area contributed by atoms with Gasteiger partial charge in [0.05, 0.1) is 4.90 Å². The maximum atomic E-state index is 12.9. The zero-order valence-corrected chi connectivity index (χ0v) is 22.0. The maximum Gasteiger partial charge on any atom is 0.241 e. The lowest BCUT2D eigenvalue weighted by molar-refractivity contribution is 0.238. The highest BCUT2D eigenvalue weighted by molar-refractivity contribution is 7.89. The van der Waals surface area contributed by atoms with E-state index < -0.39 is 28.9 Å². The first-order valence-corrected chi connectivity index (χ1v) is 13.5. The van der Waals surface area contributed by atoms with Gasteiger partial charge >= 0.3 is 0 Å². The molecular weight excluding hydrogens is 488 g/mol. The number of anilines is 4. The second-order valence-corrected chi connectivity index (χ2v) is 11.1. The van der Waals surface area contributed by atoms with Crippen LogP contribution in [0.4, 0.5) is 23.1 Å². The molecule has 3 aromatic rings. The molecule has 0 radical (unpaired) electrons. The number of nitrogens with zero attached hydrogens (tertiary/aromatic N) is 3. The van der Waals surface area contributed by atoms with Crippen molar-refractivity contribution in [2.24, 2.45) is 0 Å². The Hall–Kier alpha value is -3.21. The Morgan fingerprint density at radius 1 is 1.11 bits per heavy atom. The van der Waals surface area contributed by atoms with Gasteiger partial charge in [0.15, 0.2) is 0 Å². The van der Waals surface area contributed by atoms with Crippen molar-refractivity contribution in [2.45, 2.75) is 50.9 Å². The maximum absolute atomic E-state index is 12.9. The van der Waals surface area contributed by atoms with Crippen molar-refractivity contribution in [3.8, 4) is 5.75 Å². The first-order chi connectivity index (χ1) is 19.6. The predicted molar refractivity (Wildman–Crippen MR) is 147 cm³/mol. The number of nitrogens with one attached hydrogen (secondary N) is 3. The zero-order chi connectivity index (χ0) is 30.8. The van der Waals surface area contributed by atoms with Gasteiger partial charge in [0.25, 0.3) is 0 Å². The molecule has 198 valence electrons. The van der Waals surface area contributed by atoms with E-state index in [1.807, 2.05) is 0 Å². The lowest BCUT2D eigenvalue weighted by Gasteiger charge is -2.20. The summed E-state index contributed by atoms with van der Waals surface area (Å²) in [6.07, 6.45) is 3.62. The van der Waals surface area contributed by atoms with Crippen LogP contribution in [0.2, 0.25) is 0 Å². The summed E-state index contributed by atoms with van der Waals surface area (Å²) in [4.78, 5) is 10.6. The largest absolute Gasteiger partial charge is 0.492 e. The smallest absolute Gasteiger partial charge is 0.241 e. The van der Waals surface area contributed by atoms with Crippen LogP contribution < -0.4 is 20.1 Å². The van der Waals surface area contributed by atoms with Crippen LogP contribution in [-0.2, 0) is 10.0 Å². The number of aryl methyl sites for hydroxylation is 1. The SMILES string of the molecule is [2H]C([2H])(COc1ccc(Nc2ncc(C)c(Nc3cccc(S(=O)(=O)NC(C)(C)C([2H])([2H])[2H])c3)n2)cc1)N1CCCC1. The third-order valence-electron chi connectivity index (χ3n) is 5.51. The third-order valence-corrected chi connectivity index (χ3v) is 7.17. The van der Waals surface area contributed by atoms with Crippen LogP contribution in [0.25, 0.3) is 0 Å². The van der Waals surface area contributed by atoms with Gasteiger partial charge in [-0.2, -0.15) is 4.98 Å². The minimum Gasteiger partial charge on any atom is -0.492 e. The third kappa shape index (κ3) is 7.88. The molecule has 0 amide bonds. The molecule has 1 fully saturated rings. The van der Waals surface area contributed by atoms with Crippen molar-refractivity contribution in [2.75, 3.05) is 36.8 Å². The van der Waals surface area contributed by atoms with E-state index in [0.717, 1.165) is 25.9 Å². The normalized spacial score (nSPS) is 17.2. The van der Waals surface area contributed by atoms with Gasteiger partial charge in [0.1, 0.15) is 18.2 Å². The van der Waals surface area contributed by atoms with Gasteiger partial charge in [-0.1, -0.05) is 6.07 Å². The molecular formula is C27H36N6O3S. The quantitative estimate of drug-likeness (QED) is 0.343. The number of hydrogen-bond donors (Lipinski definition) is 3. The average molecular weight is 530 g/mol. The van der Waals surface area contributed by atoms with Gasteiger partial charge in [-0.25, -0.2) is 18.1 Å². The number of likely N-dealkylation sites (tertiary alicyclic amines) is 1. The second-order valence-electron chi connectivity index (χ2n) is 9.40. The van der Waals surface area contributed by atoms with Gasteiger partial charge in [-0.05, 0) is 96.0 Å². The van der Waals surface area contributed by atoms with E-state index in [2.05, 4.69) is 25.3 Å². The number of sulfonamides is 1. The van der Waals surface area contributed by atoms with E-state index in [1.165, 1.54) is 26.0 Å². The molecule has 0 unspecified atom stereocenters. The van der Waals surface area contributed by atoms with Crippen LogP contribution in [0.1, 0.15) is 46.0 Å². The van der Waals surface area contributed by atoms with Crippen LogP contribution >= 0.6 is 0 Å². The van der Waals surface area contributed by atoms with E-state index in [4.69, 9.17) is 11.6 Å². The fourth-order valence-electron chi connectivity index (χ4n) is 3.75. The van der Waals surface area contributed by atoms with Gasteiger partial charge in [0.2, 0.25) is 16.0 Å². The van der Waals surface area contributed by atoms with E-state index in [9.17, 15) is 8.42 Å². The fraction of sp³-hybridized carbons (Fsp3) is 0.407. The second kappa shape index (κ2) is 11.5. The highest BCUT2D eigenvalue weighted by Crippen LogP contribution is 2.24. The molecule has 2 aromatic carbocycles. The fourth-order valence-corrected chi connectivity index (χ4v) is 5.08. The summed E-state index contributed by atoms with van der Waals surface area (Å²) in [6.45, 7) is 1.78. The molecule has 37 heavy (non-hydrogen) atoms. The van der Waals surface area contributed by atoms with Crippen LogP contribution in [0.5, 0.6) is 5.75 Å². The summed E-state index contributed by atoms with van der Waals surface area (Å²) < 4.78 is 73.3. The van der Waals surface area contributed by atoms with Crippen LogP contribution in [0, 0.1) is 6.92 Å². The summed E-state index contributed by atoms with van der Waals surface area (Å²) in [6, 6.07) is 13.0. The summed E-state index contributed by atoms with van der Waals surface area (Å²) >= 11 is 0. The van der Waals surface area contributed by atoms with Crippen LogP contribution in [0.15, 0.2) is 59.6 Å². The topological polar surface area (TPSA) is 108 Å². The first kappa shape index (κ1) is 20.8. The zero-order valence-electron chi connectivity index (χ0n) is 26.2. The summed E-state index contributed by atoms with van der Waals surface area (Å²) in [5.74, 6) is 1.29. The number of benzene rings is 2. The standard InChI is InChI=1S/C27H36N6O3S/c1-20-19-28-26(30-21-10-12-23(13-11-21)36-17-16-33-14-5-6-15-33)31-25(20)29-22-8-7-9-24(18-22)37(34,35)32-27(2,3)4/h7-13,18-19,32H,5-6,14-17H2,1-4H3,(H2,28,29,30,31)/i2D3,16D2. The molecule has 0 saturated carbocycles. The molecule has 2 heterocycles. The Morgan fingerprint density at radius 3 is 2.59 bits per heavy atom. The van der Waals surface area contributed by atoms with E-state index in [1.54, 1.807) is 54.4 Å².